The standard InChI is InChI=1S/C18H19F3N2O4S.ClH/c1-26-16-5-3-2-4-13(16)15-11-22-8-9-23(15)28(24,25)12-6-7-17(14(19)10-12)27-18(20)21;/h2-7,10,15,18,22H,8-9,11H2,1H3;1H. The lowest BCUT2D eigenvalue weighted by atomic mass is 10.0. The molecule has 2 aromatic carbocycles. The Bertz CT molecular complexity index is 946. The van der Waals surface area contributed by atoms with Crippen molar-refractivity contribution in [2.24, 2.45) is 0 Å². The van der Waals surface area contributed by atoms with Gasteiger partial charge in [-0.1, -0.05) is 18.2 Å². The van der Waals surface area contributed by atoms with Crippen LogP contribution in [0.5, 0.6) is 11.5 Å². The summed E-state index contributed by atoms with van der Waals surface area (Å²) in [6.45, 7) is -2.30. The van der Waals surface area contributed by atoms with Gasteiger partial charge in [-0.2, -0.15) is 13.1 Å². The van der Waals surface area contributed by atoms with Gasteiger partial charge in [-0.3, -0.25) is 0 Å². The fourth-order valence-electron chi connectivity index (χ4n) is 3.15. The number of hydrogen-bond donors (Lipinski definition) is 1. The van der Waals surface area contributed by atoms with Crippen molar-refractivity contribution in [2.75, 3.05) is 26.7 Å². The van der Waals surface area contributed by atoms with Crippen LogP contribution in [-0.4, -0.2) is 46.1 Å². The number of ether oxygens (including phenoxy) is 2. The molecule has 1 aliphatic heterocycles. The molecule has 2 aromatic rings. The maximum Gasteiger partial charge on any atom is 0.387 e. The number of para-hydroxylation sites is 1. The Morgan fingerprint density at radius 2 is 1.90 bits per heavy atom. The van der Waals surface area contributed by atoms with E-state index in [1.807, 2.05) is 0 Å². The molecule has 3 rings (SSSR count). The largest absolute Gasteiger partial charge is 0.496 e. The summed E-state index contributed by atoms with van der Waals surface area (Å²) < 4.78 is 75.6. The normalized spacial score (nSPS) is 17.6. The van der Waals surface area contributed by atoms with Gasteiger partial charge in [0.15, 0.2) is 11.6 Å². The fourth-order valence-corrected chi connectivity index (χ4v) is 4.77. The molecule has 6 nitrogen and oxygen atoms in total. The molecule has 1 aliphatic rings. The molecule has 0 aliphatic carbocycles. The smallest absolute Gasteiger partial charge is 0.387 e. The molecular formula is C18H20ClF3N2O4S. The van der Waals surface area contributed by atoms with E-state index in [1.54, 1.807) is 24.3 Å². The van der Waals surface area contributed by atoms with Gasteiger partial charge in [-0.25, -0.2) is 12.8 Å². The van der Waals surface area contributed by atoms with Crippen LogP contribution in [0.2, 0.25) is 0 Å². The molecular weight excluding hydrogens is 433 g/mol. The number of rotatable bonds is 6. The Morgan fingerprint density at radius 3 is 2.55 bits per heavy atom. The lowest BCUT2D eigenvalue weighted by Crippen LogP contribution is -2.48. The first-order chi connectivity index (χ1) is 13.3. The molecule has 11 heteroatoms. The zero-order valence-corrected chi connectivity index (χ0v) is 17.0. The number of nitrogens with zero attached hydrogens (tertiary/aromatic N) is 1. The first-order valence-electron chi connectivity index (χ1n) is 8.44. The predicted molar refractivity (Wildman–Crippen MR) is 103 cm³/mol. The zero-order chi connectivity index (χ0) is 20.3. The molecule has 0 radical (unpaired) electrons. The van der Waals surface area contributed by atoms with Crippen molar-refractivity contribution in [1.82, 2.24) is 9.62 Å². The third kappa shape index (κ3) is 4.95. The van der Waals surface area contributed by atoms with Gasteiger partial charge in [-0.15, -0.1) is 12.4 Å². The molecule has 160 valence electrons. The van der Waals surface area contributed by atoms with E-state index in [0.29, 0.717) is 30.5 Å². The number of benzene rings is 2. The van der Waals surface area contributed by atoms with Gasteiger partial charge in [-0.05, 0) is 24.3 Å². The third-order valence-electron chi connectivity index (χ3n) is 4.42. The van der Waals surface area contributed by atoms with E-state index in [1.165, 1.54) is 11.4 Å². The highest BCUT2D eigenvalue weighted by Crippen LogP contribution is 2.34. The summed E-state index contributed by atoms with van der Waals surface area (Å²) in [5.41, 5.74) is 0.666. The summed E-state index contributed by atoms with van der Waals surface area (Å²) in [7, 11) is -2.61. The molecule has 1 N–H and O–H groups in total. The first-order valence-corrected chi connectivity index (χ1v) is 9.88. The van der Waals surface area contributed by atoms with Gasteiger partial charge >= 0.3 is 6.61 Å². The average Bonchev–Trinajstić information content (AvgIpc) is 2.69. The summed E-state index contributed by atoms with van der Waals surface area (Å²) in [6.07, 6.45) is 0. The van der Waals surface area contributed by atoms with Crippen LogP contribution >= 0.6 is 12.4 Å². The molecule has 0 amide bonds. The molecule has 1 unspecified atom stereocenters. The third-order valence-corrected chi connectivity index (χ3v) is 6.32. The van der Waals surface area contributed by atoms with Crippen LogP contribution in [0, 0.1) is 5.82 Å². The second kappa shape index (κ2) is 9.66. The summed E-state index contributed by atoms with van der Waals surface area (Å²) in [5.74, 6) is -1.36. The van der Waals surface area contributed by atoms with Crippen molar-refractivity contribution in [1.29, 1.82) is 0 Å². The minimum atomic E-state index is -4.10. The van der Waals surface area contributed by atoms with E-state index >= 15 is 0 Å². The lowest BCUT2D eigenvalue weighted by Gasteiger charge is -2.36. The summed E-state index contributed by atoms with van der Waals surface area (Å²) in [5, 5.41) is 3.14. The molecule has 29 heavy (non-hydrogen) atoms. The molecule has 1 heterocycles. The van der Waals surface area contributed by atoms with Crippen molar-refractivity contribution in [3.05, 3.63) is 53.8 Å². The second-order valence-electron chi connectivity index (χ2n) is 6.05. The molecule has 0 saturated carbocycles. The average molecular weight is 453 g/mol. The number of halogens is 4. The Kier molecular flexibility index (Phi) is 7.75. The highest BCUT2D eigenvalue weighted by molar-refractivity contribution is 7.89. The van der Waals surface area contributed by atoms with Gasteiger partial charge in [0, 0.05) is 25.2 Å². The summed E-state index contributed by atoms with van der Waals surface area (Å²) >= 11 is 0. The minimum Gasteiger partial charge on any atom is -0.496 e. The van der Waals surface area contributed by atoms with Crippen molar-refractivity contribution in [3.8, 4) is 11.5 Å². The van der Waals surface area contributed by atoms with Crippen molar-refractivity contribution in [2.45, 2.75) is 17.5 Å². The molecule has 1 fully saturated rings. The Labute approximate surface area is 173 Å². The van der Waals surface area contributed by atoms with Gasteiger partial charge < -0.3 is 14.8 Å². The molecule has 1 atom stereocenters. The van der Waals surface area contributed by atoms with Gasteiger partial charge in [0.1, 0.15) is 5.75 Å². The number of methoxy groups -OCH3 is 1. The van der Waals surface area contributed by atoms with Crippen LogP contribution in [0.4, 0.5) is 13.2 Å². The van der Waals surface area contributed by atoms with Crippen LogP contribution in [0.25, 0.3) is 0 Å². The van der Waals surface area contributed by atoms with Crippen LogP contribution in [0.15, 0.2) is 47.4 Å². The maximum atomic E-state index is 14.1. The minimum absolute atomic E-state index is 0. The quantitative estimate of drug-likeness (QED) is 0.729. The van der Waals surface area contributed by atoms with Crippen LogP contribution in [0.3, 0.4) is 0 Å². The van der Waals surface area contributed by atoms with E-state index < -0.39 is 34.2 Å². The second-order valence-corrected chi connectivity index (χ2v) is 7.94. The van der Waals surface area contributed by atoms with E-state index in [4.69, 9.17) is 4.74 Å². The van der Waals surface area contributed by atoms with Gasteiger partial charge in [0.2, 0.25) is 10.0 Å². The Morgan fingerprint density at radius 1 is 1.17 bits per heavy atom. The van der Waals surface area contributed by atoms with E-state index in [-0.39, 0.29) is 23.8 Å². The fraction of sp³-hybridized carbons (Fsp3) is 0.333. The van der Waals surface area contributed by atoms with E-state index in [9.17, 15) is 21.6 Å². The maximum absolute atomic E-state index is 14.1. The zero-order valence-electron chi connectivity index (χ0n) is 15.3. The Balaban J connectivity index is 0.00000300. The van der Waals surface area contributed by atoms with E-state index in [2.05, 4.69) is 10.1 Å². The van der Waals surface area contributed by atoms with Crippen molar-refractivity contribution >= 4 is 22.4 Å². The number of sulfonamides is 1. The highest BCUT2D eigenvalue weighted by atomic mass is 35.5. The summed E-state index contributed by atoms with van der Waals surface area (Å²) in [4.78, 5) is -0.339. The highest BCUT2D eigenvalue weighted by Gasteiger charge is 2.36. The molecule has 0 bridgehead atoms. The van der Waals surface area contributed by atoms with Crippen molar-refractivity contribution < 1.29 is 31.1 Å². The van der Waals surface area contributed by atoms with Crippen LogP contribution in [-0.2, 0) is 10.0 Å². The molecule has 1 saturated heterocycles. The van der Waals surface area contributed by atoms with Crippen molar-refractivity contribution in [3.63, 3.8) is 0 Å². The number of alkyl halides is 2. The molecule has 0 aromatic heterocycles. The lowest BCUT2D eigenvalue weighted by molar-refractivity contribution is -0.0522. The SMILES string of the molecule is COc1ccccc1C1CNCCN1S(=O)(=O)c1ccc(OC(F)F)c(F)c1.Cl. The number of piperazine rings is 1. The Hall–Kier alpha value is -2.01. The number of nitrogens with one attached hydrogen (secondary N) is 1. The van der Waals surface area contributed by atoms with Crippen LogP contribution in [0.1, 0.15) is 11.6 Å². The summed E-state index contributed by atoms with van der Waals surface area (Å²) in [6, 6.07) is 9.09. The van der Waals surface area contributed by atoms with Crippen LogP contribution < -0.4 is 14.8 Å². The molecule has 0 spiro atoms. The van der Waals surface area contributed by atoms with Gasteiger partial charge in [0.05, 0.1) is 18.0 Å². The van der Waals surface area contributed by atoms with Gasteiger partial charge in [0.25, 0.3) is 0 Å². The topological polar surface area (TPSA) is 67.9 Å². The first kappa shape index (κ1) is 23.3. The van der Waals surface area contributed by atoms with E-state index in [0.717, 1.165) is 12.1 Å². The monoisotopic (exact) mass is 452 g/mol. The predicted octanol–water partition coefficient (Wildman–Crippen LogP) is 3.19. The number of hydrogen-bond acceptors (Lipinski definition) is 5.